The lowest BCUT2D eigenvalue weighted by Gasteiger charge is -2.25. The van der Waals surface area contributed by atoms with E-state index in [0.717, 1.165) is 16.2 Å². The van der Waals surface area contributed by atoms with E-state index in [1.807, 2.05) is 4.57 Å². The van der Waals surface area contributed by atoms with E-state index in [2.05, 4.69) is 9.71 Å². The van der Waals surface area contributed by atoms with E-state index in [9.17, 15) is 17.2 Å². The Hall–Kier alpha value is -1.84. The first-order valence-electron chi connectivity index (χ1n) is 7.47. The van der Waals surface area contributed by atoms with E-state index < -0.39 is 21.8 Å². The Bertz CT molecular complexity index is 864. The summed E-state index contributed by atoms with van der Waals surface area (Å²) in [5.41, 5.74) is 0.641. The van der Waals surface area contributed by atoms with Crippen molar-refractivity contribution in [3.63, 3.8) is 0 Å². The third-order valence-electron chi connectivity index (χ3n) is 4.00. The van der Waals surface area contributed by atoms with E-state index in [-0.39, 0.29) is 11.6 Å². The highest BCUT2D eigenvalue weighted by Crippen LogP contribution is 2.25. The molecule has 0 radical (unpaired) electrons. The Balaban J connectivity index is 1.82. The minimum atomic E-state index is -3.51. The van der Waals surface area contributed by atoms with Crippen molar-refractivity contribution in [3.8, 4) is 11.3 Å². The summed E-state index contributed by atoms with van der Waals surface area (Å²) < 4.78 is 56.3. The monoisotopic (exact) mass is 356 g/mol. The average Bonchev–Trinajstić information content (AvgIpc) is 2.89. The molecule has 130 valence electrons. The van der Waals surface area contributed by atoms with Crippen molar-refractivity contribution in [2.45, 2.75) is 25.4 Å². The fourth-order valence-corrected chi connectivity index (χ4v) is 3.51. The number of hydrogen-bond donors (Lipinski definition) is 1. The van der Waals surface area contributed by atoms with Crippen molar-refractivity contribution in [3.05, 3.63) is 41.9 Å². The van der Waals surface area contributed by atoms with Crippen LogP contribution < -0.4 is 4.72 Å². The van der Waals surface area contributed by atoms with Gasteiger partial charge in [-0.25, -0.2) is 13.8 Å². The largest absolute Gasteiger partial charge is 0.333 e. The number of aryl methyl sites for hydroxylation is 1. The number of imidazole rings is 1. The molecule has 0 saturated carbocycles. The first kappa shape index (κ1) is 17.0. The van der Waals surface area contributed by atoms with E-state index in [1.165, 1.54) is 26.2 Å². The maximum atomic E-state index is 13.9. The van der Waals surface area contributed by atoms with Gasteiger partial charge >= 0.3 is 0 Å². The van der Waals surface area contributed by atoms with Gasteiger partial charge < -0.3 is 4.57 Å². The van der Waals surface area contributed by atoms with Crippen LogP contribution in [-0.2, 0) is 23.2 Å². The molecule has 1 N–H and O–H groups in total. The predicted octanol–water partition coefficient (Wildman–Crippen LogP) is 1.54. The number of rotatable bonds is 4. The maximum absolute atomic E-state index is 13.9. The molecule has 1 aliphatic heterocycles. The smallest absolute Gasteiger partial charge is 0.279 e. The van der Waals surface area contributed by atoms with Gasteiger partial charge in [0, 0.05) is 50.9 Å². The Morgan fingerprint density at radius 3 is 2.75 bits per heavy atom. The molecule has 1 aromatic heterocycles. The molecule has 0 amide bonds. The summed E-state index contributed by atoms with van der Waals surface area (Å²) in [6.45, 7) is 0.415. The number of aromatic nitrogens is 2. The Morgan fingerprint density at radius 1 is 1.33 bits per heavy atom. The number of nitrogens with one attached hydrogen (secondary N) is 1. The fraction of sp³-hybridized carbons (Fsp3) is 0.400. The SMILES string of the molecule is CN(C)S(=O)(=O)N[C@H]1CCc2nc(-c3ccc(F)cc3F)cn2C1. The molecule has 0 saturated heterocycles. The van der Waals surface area contributed by atoms with Crippen LogP contribution in [-0.4, -0.2) is 42.4 Å². The first-order valence-corrected chi connectivity index (χ1v) is 8.91. The van der Waals surface area contributed by atoms with E-state index in [0.29, 0.717) is 25.1 Å². The van der Waals surface area contributed by atoms with Crippen molar-refractivity contribution in [1.82, 2.24) is 18.6 Å². The van der Waals surface area contributed by atoms with Crippen LogP contribution in [0.2, 0.25) is 0 Å². The normalized spacial score (nSPS) is 18.0. The zero-order valence-corrected chi connectivity index (χ0v) is 14.1. The van der Waals surface area contributed by atoms with Crippen LogP contribution >= 0.6 is 0 Å². The van der Waals surface area contributed by atoms with Crippen LogP contribution in [0.5, 0.6) is 0 Å². The number of nitrogens with zero attached hydrogens (tertiary/aromatic N) is 3. The number of fused-ring (bicyclic) bond motifs is 1. The van der Waals surface area contributed by atoms with Crippen molar-refractivity contribution in [1.29, 1.82) is 0 Å². The second-order valence-corrected chi connectivity index (χ2v) is 7.88. The molecule has 0 aliphatic carbocycles. The molecule has 9 heteroatoms. The second-order valence-electron chi connectivity index (χ2n) is 5.96. The minimum Gasteiger partial charge on any atom is -0.333 e. The maximum Gasteiger partial charge on any atom is 0.279 e. The lowest BCUT2D eigenvalue weighted by molar-refractivity contribution is 0.407. The van der Waals surface area contributed by atoms with Gasteiger partial charge in [-0.15, -0.1) is 0 Å². The third kappa shape index (κ3) is 3.33. The first-order chi connectivity index (χ1) is 11.3. The van der Waals surface area contributed by atoms with Gasteiger partial charge in [0.15, 0.2) is 0 Å². The standard InChI is InChI=1S/C15H18F2N4O2S/c1-20(2)24(22,23)19-11-4-6-15-18-14(9-21(15)8-11)12-5-3-10(16)7-13(12)17/h3,5,7,9,11,19H,4,6,8H2,1-2H3/t11-/m0/s1. The highest BCUT2D eigenvalue weighted by atomic mass is 32.2. The molecular weight excluding hydrogens is 338 g/mol. The molecule has 0 fully saturated rings. The van der Waals surface area contributed by atoms with E-state index >= 15 is 0 Å². The zero-order valence-electron chi connectivity index (χ0n) is 13.3. The number of halogens is 2. The lowest BCUT2D eigenvalue weighted by Crippen LogP contribution is -2.45. The van der Waals surface area contributed by atoms with E-state index in [4.69, 9.17) is 0 Å². The molecule has 2 heterocycles. The summed E-state index contributed by atoms with van der Waals surface area (Å²) >= 11 is 0. The van der Waals surface area contributed by atoms with Gasteiger partial charge in [0.25, 0.3) is 10.2 Å². The predicted molar refractivity (Wildman–Crippen MR) is 85.4 cm³/mol. The third-order valence-corrected chi connectivity index (χ3v) is 5.59. The fourth-order valence-electron chi connectivity index (χ4n) is 2.68. The summed E-state index contributed by atoms with van der Waals surface area (Å²) in [4.78, 5) is 4.39. The van der Waals surface area contributed by atoms with Crippen LogP contribution in [0.3, 0.4) is 0 Å². The molecule has 0 bridgehead atoms. The van der Waals surface area contributed by atoms with Gasteiger partial charge in [0.1, 0.15) is 17.5 Å². The number of hydrogen-bond acceptors (Lipinski definition) is 3. The van der Waals surface area contributed by atoms with Crippen molar-refractivity contribution in [2.24, 2.45) is 0 Å². The molecule has 0 unspecified atom stereocenters. The van der Waals surface area contributed by atoms with Crippen LogP contribution in [0.25, 0.3) is 11.3 Å². The Kier molecular flexibility index (Phi) is 4.41. The molecule has 0 spiro atoms. The van der Waals surface area contributed by atoms with Gasteiger partial charge in [-0.1, -0.05) is 0 Å². The van der Waals surface area contributed by atoms with Crippen molar-refractivity contribution < 1.29 is 17.2 Å². The van der Waals surface area contributed by atoms with E-state index in [1.54, 1.807) is 6.20 Å². The van der Waals surface area contributed by atoms with Crippen molar-refractivity contribution >= 4 is 10.2 Å². The average molecular weight is 356 g/mol. The minimum absolute atomic E-state index is 0.226. The molecule has 1 atom stereocenters. The second kappa shape index (κ2) is 6.23. The Labute approximate surface area is 139 Å². The van der Waals surface area contributed by atoms with Crippen LogP contribution in [0.15, 0.2) is 24.4 Å². The highest BCUT2D eigenvalue weighted by Gasteiger charge is 2.26. The van der Waals surface area contributed by atoms with Crippen molar-refractivity contribution in [2.75, 3.05) is 14.1 Å². The quantitative estimate of drug-likeness (QED) is 0.904. The molecule has 3 rings (SSSR count). The zero-order chi connectivity index (χ0) is 17.5. The summed E-state index contributed by atoms with van der Waals surface area (Å²) in [5, 5.41) is 0. The molecule has 1 aliphatic rings. The van der Waals surface area contributed by atoms with Gasteiger partial charge in [0.2, 0.25) is 0 Å². The number of benzene rings is 1. The summed E-state index contributed by atoms with van der Waals surface area (Å²) in [7, 11) is -0.586. The molecule has 6 nitrogen and oxygen atoms in total. The molecular formula is C15H18F2N4O2S. The lowest BCUT2D eigenvalue weighted by atomic mass is 10.1. The van der Waals surface area contributed by atoms with Gasteiger partial charge in [-0.3, -0.25) is 0 Å². The molecule has 2 aromatic rings. The van der Waals surface area contributed by atoms with Gasteiger partial charge in [-0.05, 0) is 18.6 Å². The Morgan fingerprint density at radius 2 is 2.08 bits per heavy atom. The molecule has 1 aromatic carbocycles. The molecule has 24 heavy (non-hydrogen) atoms. The van der Waals surface area contributed by atoms with Crippen LogP contribution in [0.1, 0.15) is 12.2 Å². The summed E-state index contributed by atoms with van der Waals surface area (Å²) in [6.07, 6.45) is 2.85. The van der Waals surface area contributed by atoms with Crippen LogP contribution in [0.4, 0.5) is 8.78 Å². The summed E-state index contributed by atoms with van der Waals surface area (Å²) in [6, 6.07) is 3.10. The topological polar surface area (TPSA) is 67.2 Å². The van der Waals surface area contributed by atoms with Crippen LogP contribution in [0, 0.1) is 11.6 Å². The highest BCUT2D eigenvalue weighted by molar-refractivity contribution is 7.87. The van der Waals surface area contributed by atoms with Gasteiger partial charge in [0.05, 0.1) is 5.69 Å². The van der Waals surface area contributed by atoms with Gasteiger partial charge in [-0.2, -0.15) is 17.4 Å². The summed E-state index contributed by atoms with van der Waals surface area (Å²) in [5.74, 6) is -0.553.